The molecule has 1 aliphatic carbocycles. The first kappa shape index (κ1) is 19.7. The number of alkyl carbamates (subject to hydrolysis) is 1. The van der Waals surface area contributed by atoms with Crippen molar-refractivity contribution < 1.29 is 14.3 Å². The number of hydrogen-bond acceptors (Lipinski definition) is 3. The van der Waals surface area contributed by atoms with Gasteiger partial charge in [0.25, 0.3) is 0 Å². The summed E-state index contributed by atoms with van der Waals surface area (Å²) in [5, 5.41) is 2.69. The summed E-state index contributed by atoms with van der Waals surface area (Å²) in [5.74, 6) is 2.34. The number of carbonyl (C=O) groups is 2. The average molecular weight is 373 g/mol. The molecule has 2 aliphatic rings. The molecule has 2 fully saturated rings. The molecule has 1 N–H and O–H groups in total. The van der Waals surface area contributed by atoms with Crippen LogP contribution >= 0.6 is 0 Å². The van der Waals surface area contributed by atoms with Gasteiger partial charge in [0, 0.05) is 19.6 Å². The first-order chi connectivity index (χ1) is 13.0. The average Bonchev–Trinajstić information content (AvgIpc) is 3.17. The van der Waals surface area contributed by atoms with Gasteiger partial charge in [0.2, 0.25) is 5.91 Å². The van der Waals surface area contributed by atoms with E-state index in [9.17, 15) is 9.59 Å². The molecule has 0 bridgehead atoms. The van der Waals surface area contributed by atoms with Crippen LogP contribution < -0.4 is 5.32 Å². The van der Waals surface area contributed by atoms with Crippen LogP contribution in [0.15, 0.2) is 24.3 Å². The molecule has 5 heteroatoms. The maximum absolute atomic E-state index is 12.9. The second kappa shape index (κ2) is 8.32. The number of ether oxygens (including phenoxy) is 1. The number of piperidine rings is 1. The van der Waals surface area contributed by atoms with E-state index in [0.29, 0.717) is 30.2 Å². The van der Waals surface area contributed by atoms with E-state index < -0.39 is 6.09 Å². The first-order valence-electron chi connectivity index (χ1n) is 10.2. The van der Waals surface area contributed by atoms with Crippen molar-refractivity contribution in [3.63, 3.8) is 0 Å². The number of carbonyl (C=O) groups excluding carboxylic acids is 2. The Morgan fingerprint density at radius 2 is 1.96 bits per heavy atom. The Morgan fingerprint density at radius 3 is 2.56 bits per heavy atom. The van der Waals surface area contributed by atoms with Crippen molar-refractivity contribution in [2.24, 2.45) is 17.8 Å². The van der Waals surface area contributed by atoms with E-state index in [4.69, 9.17) is 0 Å². The van der Waals surface area contributed by atoms with Crippen molar-refractivity contribution in [1.29, 1.82) is 0 Å². The van der Waals surface area contributed by atoms with Crippen LogP contribution in [0.4, 0.5) is 4.79 Å². The van der Waals surface area contributed by atoms with Gasteiger partial charge in [-0.25, -0.2) is 4.79 Å². The molecule has 1 saturated carbocycles. The summed E-state index contributed by atoms with van der Waals surface area (Å²) in [6.45, 7) is 8.56. The Morgan fingerprint density at radius 1 is 1.26 bits per heavy atom. The van der Waals surface area contributed by atoms with Crippen LogP contribution in [0.2, 0.25) is 0 Å². The summed E-state index contributed by atoms with van der Waals surface area (Å²) in [7, 11) is 1.34. The number of nitrogens with one attached hydrogen (secondary N) is 1. The number of amides is 2. The van der Waals surface area contributed by atoms with Crippen LogP contribution in [-0.2, 0) is 9.53 Å². The summed E-state index contributed by atoms with van der Waals surface area (Å²) in [4.78, 5) is 26.3. The van der Waals surface area contributed by atoms with E-state index in [-0.39, 0.29) is 11.8 Å². The highest BCUT2D eigenvalue weighted by Gasteiger charge is 2.57. The molecule has 0 radical (unpaired) electrons. The summed E-state index contributed by atoms with van der Waals surface area (Å²) < 4.78 is 4.62. The maximum atomic E-state index is 12.9. The van der Waals surface area contributed by atoms with Crippen molar-refractivity contribution in [2.45, 2.75) is 45.4 Å². The predicted octanol–water partition coefficient (Wildman–Crippen LogP) is 3.75. The Hall–Kier alpha value is -2.04. The van der Waals surface area contributed by atoms with E-state index in [1.54, 1.807) is 0 Å². The maximum Gasteiger partial charge on any atom is 0.406 e. The molecule has 1 unspecified atom stereocenters. The van der Waals surface area contributed by atoms with Gasteiger partial charge < -0.3 is 15.0 Å². The van der Waals surface area contributed by atoms with Gasteiger partial charge in [-0.1, -0.05) is 51.5 Å². The van der Waals surface area contributed by atoms with Gasteiger partial charge in [-0.3, -0.25) is 4.79 Å². The van der Waals surface area contributed by atoms with Crippen LogP contribution in [0.1, 0.15) is 56.6 Å². The molecule has 27 heavy (non-hydrogen) atoms. The quantitative estimate of drug-likeness (QED) is 0.793. The zero-order valence-corrected chi connectivity index (χ0v) is 16.9. The van der Waals surface area contributed by atoms with Crippen LogP contribution in [0.3, 0.4) is 0 Å². The Labute approximate surface area is 162 Å². The van der Waals surface area contributed by atoms with Crippen molar-refractivity contribution in [2.75, 3.05) is 26.7 Å². The van der Waals surface area contributed by atoms with Crippen LogP contribution in [0.5, 0.6) is 0 Å². The lowest BCUT2D eigenvalue weighted by molar-refractivity contribution is -0.135. The van der Waals surface area contributed by atoms with Gasteiger partial charge in [0.1, 0.15) is 0 Å². The molecular formula is C22H32N2O3. The van der Waals surface area contributed by atoms with Gasteiger partial charge in [-0.15, -0.1) is 0 Å². The molecule has 2 amide bonds. The van der Waals surface area contributed by atoms with Crippen molar-refractivity contribution in [3.05, 3.63) is 35.4 Å². The summed E-state index contributed by atoms with van der Waals surface area (Å²) >= 11 is 0. The SMILES string of the molecule is CCC[C@H](CNC(=O)OC)C(=O)N1C[C@@H]2C(c3cccc(C(C)C)c3)[C@@H]2C1. The molecule has 1 aromatic rings. The molecule has 1 heterocycles. The minimum absolute atomic E-state index is 0.158. The third kappa shape index (κ3) is 4.28. The van der Waals surface area contributed by atoms with Crippen LogP contribution in [-0.4, -0.2) is 43.6 Å². The zero-order valence-electron chi connectivity index (χ0n) is 16.9. The molecule has 0 aromatic heterocycles. The normalized spacial score (nSPS) is 24.5. The third-order valence-corrected chi connectivity index (χ3v) is 6.13. The number of hydrogen-bond donors (Lipinski definition) is 1. The highest BCUT2D eigenvalue weighted by molar-refractivity contribution is 5.80. The van der Waals surface area contributed by atoms with Crippen LogP contribution in [0.25, 0.3) is 0 Å². The van der Waals surface area contributed by atoms with Crippen molar-refractivity contribution >= 4 is 12.0 Å². The highest BCUT2D eigenvalue weighted by atomic mass is 16.5. The van der Waals surface area contributed by atoms with E-state index in [1.807, 2.05) is 4.90 Å². The van der Waals surface area contributed by atoms with E-state index in [2.05, 4.69) is 55.1 Å². The molecule has 5 nitrogen and oxygen atoms in total. The number of rotatable bonds is 7. The van der Waals surface area contributed by atoms with Gasteiger partial charge in [0.05, 0.1) is 13.0 Å². The molecule has 148 valence electrons. The monoisotopic (exact) mass is 372 g/mol. The molecular weight excluding hydrogens is 340 g/mol. The summed E-state index contributed by atoms with van der Waals surface area (Å²) in [5.41, 5.74) is 2.82. The Balaban J connectivity index is 1.57. The molecule has 3 rings (SSSR count). The van der Waals surface area contributed by atoms with E-state index in [0.717, 1.165) is 25.9 Å². The fraction of sp³-hybridized carbons (Fsp3) is 0.636. The van der Waals surface area contributed by atoms with E-state index in [1.165, 1.54) is 18.2 Å². The number of likely N-dealkylation sites (tertiary alicyclic amines) is 1. The Bertz CT molecular complexity index is 676. The van der Waals surface area contributed by atoms with Gasteiger partial charge in [0.15, 0.2) is 0 Å². The molecule has 0 spiro atoms. The topological polar surface area (TPSA) is 58.6 Å². The molecule has 1 aliphatic heterocycles. The lowest BCUT2D eigenvalue weighted by Crippen LogP contribution is -2.41. The molecule has 1 aromatic carbocycles. The van der Waals surface area contributed by atoms with Crippen LogP contribution in [0, 0.1) is 17.8 Å². The summed E-state index contributed by atoms with van der Waals surface area (Å²) in [6.07, 6.45) is 1.23. The number of fused-ring (bicyclic) bond motifs is 1. The highest BCUT2D eigenvalue weighted by Crippen LogP contribution is 2.58. The third-order valence-electron chi connectivity index (χ3n) is 6.13. The minimum atomic E-state index is -0.474. The summed E-state index contributed by atoms with van der Waals surface area (Å²) in [6, 6.07) is 8.95. The van der Waals surface area contributed by atoms with Crippen molar-refractivity contribution in [3.8, 4) is 0 Å². The van der Waals surface area contributed by atoms with E-state index >= 15 is 0 Å². The second-order valence-electron chi connectivity index (χ2n) is 8.28. The lowest BCUT2D eigenvalue weighted by Gasteiger charge is -2.25. The van der Waals surface area contributed by atoms with Gasteiger partial charge >= 0.3 is 6.09 Å². The fourth-order valence-corrected chi connectivity index (χ4v) is 4.52. The number of methoxy groups -OCH3 is 1. The first-order valence-corrected chi connectivity index (χ1v) is 10.2. The lowest BCUT2D eigenvalue weighted by atomic mass is 9.97. The number of nitrogens with zero attached hydrogens (tertiary/aromatic N) is 1. The fourth-order valence-electron chi connectivity index (χ4n) is 4.52. The minimum Gasteiger partial charge on any atom is -0.453 e. The molecule has 1 saturated heterocycles. The van der Waals surface area contributed by atoms with Gasteiger partial charge in [-0.05, 0) is 41.2 Å². The van der Waals surface area contributed by atoms with Gasteiger partial charge in [-0.2, -0.15) is 0 Å². The zero-order chi connectivity index (χ0) is 19.6. The van der Waals surface area contributed by atoms with Crippen molar-refractivity contribution in [1.82, 2.24) is 10.2 Å². The Kier molecular flexibility index (Phi) is 6.08. The molecule has 4 atom stereocenters. The smallest absolute Gasteiger partial charge is 0.406 e. The second-order valence-corrected chi connectivity index (χ2v) is 8.28. The largest absolute Gasteiger partial charge is 0.453 e. The predicted molar refractivity (Wildman–Crippen MR) is 106 cm³/mol. The number of benzene rings is 1. The standard InChI is InChI=1S/C22H32N2O3/c1-5-7-17(11-23-22(26)27-4)21(25)24-12-18-19(13-24)20(18)16-9-6-8-15(10-16)14(2)3/h6,8-10,14,17-20H,5,7,11-13H2,1-4H3,(H,23,26)/t17-,18-,19+,20?/m1/s1.